The zero-order valence-electron chi connectivity index (χ0n) is 7.53. The third kappa shape index (κ3) is 5.53. The van der Waals surface area contributed by atoms with E-state index in [0.29, 0.717) is 0 Å². The van der Waals surface area contributed by atoms with Crippen molar-refractivity contribution >= 4 is 5.97 Å². The van der Waals surface area contributed by atoms with Crippen molar-refractivity contribution in [3.05, 3.63) is 45.3 Å². The first-order valence-electron chi connectivity index (χ1n) is 3.60. The van der Waals surface area contributed by atoms with Crippen molar-refractivity contribution in [2.75, 3.05) is 0 Å². The molecular formula is C8H10N2O4. The second-order valence-electron chi connectivity index (χ2n) is 2.38. The fourth-order valence-corrected chi connectivity index (χ4v) is 0.383. The summed E-state index contributed by atoms with van der Waals surface area (Å²) in [7, 11) is 0. The number of hydrogen-bond acceptors (Lipinski definition) is 3. The maximum Gasteiger partial charge on any atom is 0.330 e. The van der Waals surface area contributed by atoms with Gasteiger partial charge in [-0.15, -0.1) is 0 Å². The van der Waals surface area contributed by atoms with Gasteiger partial charge in [0.25, 0.3) is 5.56 Å². The molecule has 0 amide bonds. The first-order valence-corrected chi connectivity index (χ1v) is 3.60. The predicted octanol–water partition coefficient (Wildman–Crippen LogP) is -0.290. The molecule has 0 bridgehead atoms. The van der Waals surface area contributed by atoms with Crippen LogP contribution in [-0.4, -0.2) is 21.0 Å². The van der Waals surface area contributed by atoms with Crippen LogP contribution >= 0.6 is 0 Å². The summed E-state index contributed by atoms with van der Waals surface area (Å²) < 4.78 is 0. The zero-order chi connectivity index (χ0) is 11.1. The van der Waals surface area contributed by atoms with E-state index in [1.807, 2.05) is 4.98 Å². The normalized spacial score (nSPS) is 8.36. The first kappa shape index (κ1) is 11.9. The van der Waals surface area contributed by atoms with Gasteiger partial charge in [-0.25, -0.2) is 9.59 Å². The van der Waals surface area contributed by atoms with E-state index in [2.05, 4.69) is 11.6 Å². The van der Waals surface area contributed by atoms with Crippen LogP contribution in [0.1, 0.15) is 6.92 Å². The van der Waals surface area contributed by atoms with E-state index in [1.54, 1.807) is 0 Å². The number of hydrogen-bond donors (Lipinski definition) is 3. The lowest BCUT2D eigenvalue weighted by atomic mass is 10.4. The Kier molecular flexibility index (Phi) is 4.69. The van der Waals surface area contributed by atoms with Crippen LogP contribution in [0.15, 0.2) is 34.0 Å². The summed E-state index contributed by atoms with van der Waals surface area (Å²) in [6, 6.07) is 1.24. The largest absolute Gasteiger partial charge is 0.478 e. The number of aliphatic carboxylic acids is 1. The number of aromatic nitrogens is 2. The number of carboxylic acids is 1. The zero-order valence-corrected chi connectivity index (χ0v) is 7.53. The molecule has 6 heteroatoms. The molecule has 0 radical (unpaired) electrons. The van der Waals surface area contributed by atoms with Gasteiger partial charge in [-0.2, -0.15) is 0 Å². The SMILES string of the molecule is C=C(C)C(=O)O.O=c1cc[nH]c(=O)[nH]1. The molecule has 0 fully saturated rings. The Balaban J connectivity index is 0.000000255. The molecule has 14 heavy (non-hydrogen) atoms. The molecule has 0 spiro atoms. The highest BCUT2D eigenvalue weighted by molar-refractivity contribution is 5.84. The molecule has 1 heterocycles. The molecule has 0 aliphatic carbocycles. The monoisotopic (exact) mass is 198 g/mol. The van der Waals surface area contributed by atoms with Gasteiger partial charge in [0.2, 0.25) is 0 Å². The standard InChI is InChI=1S/C4H4N2O2.C4H6O2/c7-3-1-2-5-4(8)6-3;1-3(2)4(5)6/h1-2H,(H2,5,6,7,8);1H2,2H3,(H,5,6). The van der Waals surface area contributed by atoms with Crippen molar-refractivity contribution in [3.63, 3.8) is 0 Å². The van der Waals surface area contributed by atoms with E-state index in [9.17, 15) is 14.4 Å². The van der Waals surface area contributed by atoms with E-state index in [1.165, 1.54) is 19.2 Å². The second kappa shape index (κ2) is 5.52. The second-order valence-corrected chi connectivity index (χ2v) is 2.38. The molecular weight excluding hydrogens is 188 g/mol. The molecule has 1 aromatic rings. The van der Waals surface area contributed by atoms with Crippen LogP contribution in [0.3, 0.4) is 0 Å². The highest BCUT2D eigenvalue weighted by atomic mass is 16.4. The van der Waals surface area contributed by atoms with Gasteiger partial charge in [-0.1, -0.05) is 6.58 Å². The van der Waals surface area contributed by atoms with Gasteiger partial charge in [0.15, 0.2) is 0 Å². The van der Waals surface area contributed by atoms with E-state index in [4.69, 9.17) is 5.11 Å². The van der Waals surface area contributed by atoms with Crippen molar-refractivity contribution in [3.8, 4) is 0 Å². The van der Waals surface area contributed by atoms with Crippen LogP contribution in [0.5, 0.6) is 0 Å². The van der Waals surface area contributed by atoms with Crippen LogP contribution in [0, 0.1) is 0 Å². The van der Waals surface area contributed by atoms with Crippen molar-refractivity contribution in [2.24, 2.45) is 0 Å². The number of H-pyrrole nitrogens is 2. The fraction of sp³-hybridized carbons (Fsp3) is 0.125. The van der Waals surface area contributed by atoms with Crippen LogP contribution in [-0.2, 0) is 4.79 Å². The highest BCUT2D eigenvalue weighted by Crippen LogP contribution is 1.81. The highest BCUT2D eigenvalue weighted by Gasteiger charge is 1.90. The predicted molar refractivity (Wildman–Crippen MR) is 50.1 cm³/mol. The average Bonchev–Trinajstić information content (AvgIpc) is 2.04. The van der Waals surface area contributed by atoms with E-state index in [0.717, 1.165) is 0 Å². The lowest BCUT2D eigenvalue weighted by Crippen LogP contribution is -2.19. The quantitative estimate of drug-likeness (QED) is 0.539. The molecule has 0 saturated carbocycles. The lowest BCUT2D eigenvalue weighted by molar-refractivity contribution is -0.132. The van der Waals surface area contributed by atoms with Gasteiger partial charge in [0.05, 0.1) is 0 Å². The van der Waals surface area contributed by atoms with Crippen LogP contribution < -0.4 is 11.2 Å². The summed E-state index contributed by atoms with van der Waals surface area (Å²) in [6.45, 7) is 4.60. The molecule has 1 rings (SSSR count). The van der Waals surface area contributed by atoms with Crippen molar-refractivity contribution < 1.29 is 9.90 Å². The van der Waals surface area contributed by atoms with Crippen LogP contribution in [0.4, 0.5) is 0 Å². The lowest BCUT2D eigenvalue weighted by Gasteiger charge is -1.79. The molecule has 3 N–H and O–H groups in total. The molecule has 1 aromatic heterocycles. The van der Waals surface area contributed by atoms with Gasteiger partial charge >= 0.3 is 11.7 Å². The summed E-state index contributed by atoms with van der Waals surface area (Å²) in [5.74, 6) is -0.935. The van der Waals surface area contributed by atoms with Crippen molar-refractivity contribution in [2.45, 2.75) is 6.92 Å². The maximum absolute atomic E-state index is 10.2. The van der Waals surface area contributed by atoms with E-state index in [-0.39, 0.29) is 11.1 Å². The molecule has 0 saturated heterocycles. The number of nitrogens with one attached hydrogen (secondary N) is 2. The number of rotatable bonds is 1. The Hall–Kier alpha value is -2.11. The topological polar surface area (TPSA) is 103 Å². The minimum atomic E-state index is -0.935. The van der Waals surface area contributed by atoms with Gasteiger partial charge < -0.3 is 10.1 Å². The smallest absolute Gasteiger partial charge is 0.330 e. The summed E-state index contributed by atoms with van der Waals surface area (Å²) in [4.78, 5) is 34.3. The van der Waals surface area contributed by atoms with E-state index < -0.39 is 11.7 Å². The Morgan fingerprint density at radius 3 is 2.21 bits per heavy atom. The van der Waals surface area contributed by atoms with Crippen LogP contribution in [0.2, 0.25) is 0 Å². The minimum Gasteiger partial charge on any atom is -0.478 e. The maximum atomic E-state index is 10.2. The van der Waals surface area contributed by atoms with Crippen LogP contribution in [0.25, 0.3) is 0 Å². The van der Waals surface area contributed by atoms with Crippen molar-refractivity contribution in [1.29, 1.82) is 0 Å². The summed E-state index contributed by atoms with van der Waals surface area (Å²) >= 11 is 0. The molecule has 0 atom stereocenters. The number of carbonyl (C=O) groups is 1. The van der Waals surface area contributed by atoms with Gasteiger partial charge in [0, 0.05) is 17.8 Å². The first-order chi connectivity index (χ1) is 6.43. The van der Waals surface area contributed by atoms with Gasteiger partial charge in [-0.05, 0) is 6.92 Å². The average molecular weight is 198 g/mol. The summed E-state index contributed by atoms with van der Waals surface area (Å²) in [5, 5.41) is 7.89. The molecule has 76 valence electrons. The van der Waals surface area contributed by atoms with E-state index >= 15 is 0 Å². The Labute approximate surface area is 78.9 Å². The Morgan fingerprint density at radius 1 is 1.50 bits per heavy atom. The molecule has 0 aromatic carbocycles. The summed E-state index contributed by atoms with van der Waals surface area (Å²) in [5.41, 5.74) is -0.679. The third-order valence-corrected chi connectivity index (χ3v) is 1.05. The summed E-state index contributed by atoms with van der Waals surface area (Å²) in [6.07, 6.45) is 1.29. The molecule has 0 unspecified atom stereocenters. The number of carboxylic acid groups (broad SMARTS) is 1. The minimum absolute atomic E-state index is 0.176. The Morgan fingerprint density at radius 2 is 2.00 bits per heavy atom. The third-order valence-electron chi connectivity index (χ3n) is 1.05. The van der Waals surface area contributed by atoms with Gasteiger partial charge in [-0.3, -0.25) is 9.78 Å². The van der Waals surface area contributed by atoms with Gasteiger partial charge in [0.1, 0.15) is 0 Å². The Bertz CT molecular complexity index is 392. The molecule has 0 aliphatic rings. The fourth-order valence-electron chi connectivity index (χ4n) is 0.383. The van der Waals surface area contributed by atoms with Crippen molar-refractivity contribution in [1.82, 2.24) is 9.97 Å². The molecule has 6 nitrogen and oxygen atoms in total. The number of aromatic amines is 2. The molecule has 0 aliphatic heterocycles.